The largest absolute Gasteiger partial charge is 0.490 e. The molecule has 27 heavy (non-hydrogen) atoms. The zero-order valence-electron chi connectivity index (χ0n) is 14.8. The zero-order valence-corrected chi connectivity index (χ0v) is 17.2. The molecule has 0 fully saturated rings. The summed E-state index contributed by atoms with van der Waals surface area (Å²) in [5.74, 6) is 1.48. The molecule has 3 aromatic carbocycles. The summed E-state index contributed by atoms with van der Waals surface area (Å²) in [6, 6.07) is 22.3. The Morgan fingerprint density at radius 1 is 0.926 bits per heavy atom. The summed E-state index contributed by atoms with van der Waals surface area (Å²) < 4.78 is 14.1. The Bertz CT molecular complexity index is 1030. The monoisotopic (exact) mass is 439 g/mol. The minimum Gasteiger partial charge on any atom is -0.490 e. The maximum absolute atomic E-state index is 6.01. The van der Waals surface area contributed by atoms with Crippen molar-refractivity contribution in [1.29, 1.82) is 0 Å². The van der Waals surface area contributed by atoms with Crippen LogP contribution in [0.2, 0.25) is 0 Å². The van der Waals surface area contributed by atoms with Crippen molar-refractivity contribution in [3.05, 3.63) is 76.8 Å². The Kier molecular flexibility index (Phi) is 5.41. The first-order valence-electron chi connectivity index (χ1n) is 8.73. The third kappa shape index (κ3) is 4.15. The molecular weight excluding hydrogens is 422 g/mol. The van der Waals surface area contributed by atoms with Crippen LogP contribution in [0, 0.1) is 0 Å². The number of rotatable bonds is 6. The van der Waals surface area contributed by atoms with Gasteiger partial charge in [0.1, 0.15) is 11.6 Å². The Labute approximate surface area is 170 Å². The molecule has 1 aromatic heterocycles. The molecule has 0 amide bonds. The number of hydrogen-bond donors (Lipinski definition) is 0. The third-order valence-electron chi connectivity index (χ3n) is 4.09. The van der Waals surface area contributed by atoms with Crippen molar-refractivity contribution in [2.24, 2.45) is 0 Å². The van der Waals surface area contributed by atoms with Gasteiger partial charge >= 0.3 is 0 Å². The van der Waals surface area contributed by atoms with Crippen LogP contribution >= 0.6 is 27.3 Å². The molecule has 5 heteroatoms. The summed E-state index contributed by atoms with van der Waals surface area (Å²) >= 11 is 5.13. The van der Waals surface area contributed by atoms with Crippen LogP contribution in [0.5, 0.6) is 11.5 Å². The topological polar surface area (TPSA) is 31.4 Å². The minimum atomic E-state index is 0.494. The van der Waals surface area contributed by atoms with Crippen LogP contribution in [-0.2, 0) is 6.61 Å². The van der Waals surface area contributed by atoms with Gasteiger partial charge in [0.05, 0.1) is 16.8 Å². The van der Waals surface area contributed by atoms with E-state index in [0.29, 0.717) is 13.2 Å². The standard InChI is InChI=1S/C22H18BrNO2S/c1-2-25-20-13-16(22-24-18-5-3-4-6-21(18)27-22)9-12-19(20)26-14-15-7-10-17(23)11-8-15/h3-13H,2,14H2,1H3. The van der Waals surface area contributed by atoms with E-state index in [1.807, 2.05) is 67.6 Å². The van der Waals surface area contributed by atoms with Gasteiger partial charge in [0, 0.05) is 10.0 Å². The lowest BCUT2D eigenvalue weighted by molar-refractivity contribution is 0.269. The highest BCUT2D eigenvalue weighted by Crippen LogP contribution is 2.36. The summed E-state index contributed by atoms with van der Waals surface area (Å²) in [6.07, 6.45) is 0. The summed E-state index contributed by atoms with van der Waals surface area (Å²) in [7, 11) is 0. The second-order valence-corrected chi connectivity index (χ2v) is 7.94. The van der Waals surface area contributed by atoms with Gasteiger partial charge in [-0.3, -0.25) is 0 Å². The molecule has 4 aromatic rings. The minimum absolute atomic E-state index is 0.494. The molecule has 0 N–H and O–H groups in total. The van der Waals surface area contributed by atoms with Gasteiger partial charge in [-0.1, -0.05) is 40.2 Å². The second kappa shape index (κ2) is 8.11. The fourth-order valence-electron chi connectivity index (χ4n) is 2.77. The summed E-state index contributed by atoms with van der Waals surface area (Å²) in [6.45, 7) is 3.05. The number of thiazole rings is 1. The molecule has 136 valence electrons. The number of fused-ring (bicyclic) bond motifs is 1. The van der Waals surface area contributed by atoms with Crippen LogP contribution in [0.15, 0.2) is 71.2 Å². The predicted octanol–water partition coefficient (Wildman–Crippen LogP) is 6.70. The van der Waals surface area contributed by atoms with Gasteiger partial charge in [0.2, 0.25) is 0 Å². The van der Waals surface area contributed by atoms with Crippen LogP contribution in [0.4, 0.5) is 0 Å². The highest BCUT2D eigenvalue weighted by atomic mass is 79.9. The lowest BCUT2D eigenvalue weighted by atomic mass is 10.2. The van der Waals surface area contributed by atoms with E-state index in [4.69, 9.17) is 14.5 Å². The molecule has 0 spiro atoms. The fourth-order valence-corrected chi connectivity index (χ4v) is 3.99. The molecule has 0 aliphatic heterocycles. The van der Waals surface area contributed by atoms with Gasteiger partial charge < -0.3 is 9.47 Å². The SMILES string of the molecule is CCOc1cc(-c2nc3ccccc3s2)ccc1OCc1ccc(Br)cc1. The number of benzene rings is 3. The van der Waals surface area contributed by atoms with Gasteiger partial charge in [0.15, 0.2) is 11.5 Å². The molecule has 4 rings (SSSR count). The number of ether oxygens (including phenoxy) is 2. The number of halogens is 1. The molecule has 0 atom stereocenters. The van der Waals surface area contributed by atoms with Crippen LogP contribution in [0.25, 0.3) is 20.8 Å². The Hall–Kier alpha value is -2.37. The Balaban J connectivity index is 1.60. The van der Waals surface area contributed by atoms with E-state index in [2.05, 4.69) is 22.0 Å². The molecular formula is C22H18BrNO2S. The van der Waals surface area contributed by atoms with Crippen molar-refractivity contribution in [3.8, 4) is 22.1 Å². The molecule has 0 aliphatic carbocycles. The molecule has 1 heterocycles. The maximum Gasteiger partial charge on any atom is 0.161 e. The first-order chi connectivity index (χ1) is 13.2. The van der Waals surface area contributed by atoms with Crippen molar-refractivity contribution in [1.82, 2.24) is 4.98 Å². The van der Waals surface area contributed by atoms with Crippen LogP contribution < -0.4 is 9.47 Å². The van der Waals surface area contributed by atoms with E-state index in [0.717, 1.165) is 37.6 Å². The highest BCUT2D eigenvalue weighted by molar-refractivity contribution is 9.10. The van der Waals surface area contributed by atoms with E-state index in [9.17, 15) is 0 Å². The smallest absolute Gasteiger partial charge is 0.161 e. The molecule has 0 aliphatic rings. The van der Waals surface area contributed by atoms with Gasteiger partial charge in [-0.25, -0.2) is 4.98 Å². The Morgan fingerprint density at radius 3 is 2.52 bits per heavy atom. The number of aromatic nitrogens is 1. The fraction of sp³-hybridized carbons (Fsp3) is 0.136. The van der Waals surface area contributed by atoms with Crippen molar-refractivity contribution in [2.75, 3.05) is 6.61 Å². The van der Waals surface area contributed by atoms with Gasteiger partial charge in [-0.05, 0) is 55.0 Å². The van der Waals surface area contributed by atoms with Crippen LogP contribution in [-0.4, -0.2) is 11.6 Å². The van der Waals surface area contributed by atoms with E-state index in [1.165, 1.54) is 4.70 Å². The molecule has 0 unspecified atom stereocenters. The molecule has 3 nitrogen and oxygen atoms in total. The third-order valence-corrected chi connectivity index (χ3v) is 5.71. The van der Waals surface area contributed by atoms with Gasteiger partial charge in [0.25, 0.3) is 0 Å². The zero-order chi connectivity index (χ0) is 18.6. The highest BCUT2D eigenvalue weighted by Gasteiger charge is 2.11. The van der Waals surface area contributed by atoms with Crippen molar-refractivity contribution in [3.63, 3.8) is 0 Å². The van der Waals surface area contributed by atoms with Crippen molar-refractivity contribution < 1.29 is 9.47 Å². The average molecular weight is 440 g/mol. The second-order valence-electron chi connectivity index (χ2n) is 6.00. The van der Waals surface area contributed by atoms with Crippen LogP contribution in [0.3, 0.4) is 0 Å². The lowest BCUT2D eigenvalue weighted by Crippen LogP contribution is -2.00. The summed E-state index contributed by atoms with van der Waals surface area (Å²) in [5, 5.41) is 0.983. The first-order valence-corrected chi connectivity index (χ1v) is 10.3. The maximum atomic E-state index is 6.01. The molecule has 0 saturated carbocycles. The van der Waals surface area contributed by atoms with Gasteiger partial charge in [-0.2, -0.15) is 0 Å². The van der Waals surface area contributed by atoms with Gasteiger partial charge in [-0.15, -0.1) is 11.3 Å². The van der Waals surface area contributed by atoms with E-state index >= 15 is 0 Å². The summed E-state index contributed by atoms with van der Waals surface area (Å²) in [4.78, 5) is 4.73. The van der Waals surface area contributed by atoms with Crippen molar-refractivity contribution in [2.45, 2.75) is 13.5 Å². The quantitative estimate of drug-likeness (QED) is 0.334. The van der Waals surface area contributed by atoms with Crippen LogP contribution in [0.1, 0.15) is 12.5 Å². The number of nitrogens with zero attached hydrogens (tertiary/aromatic N) is 1. The Morgan fingerprint density at radius 2 is 1.74 bits per heavy atom. The number of hydrogen-bond acceptors (Lipinski definition) is 4. The normalized spacial score (nSPS) is 10.9. The molecule has 0 saturated heterocycles. The summed E-state index contributed by atoms with van der Waals surface area (Å²) in [5.41, 5.74) is 3.16. The average Bonchev–Trinajstić information content (AvgIpc) is 3.13. The predicted molar refractivity (Wildman–Crippen MR) is 115 cm³/mol. The van der Waals surface area contributed by atoms with E-state index in [-0.39, 0.29) is 0 Å². The molecule has 0 radical (unpaired) electrons. The first kappa shape index (κ1) is 18.0. The van der Waals surface area contributed by atoms with E-state index < -0.39 is 0 Å². The van der Waals surface area contributed by atoms with Crippen molar-refractivity contribution >= 4 is 37.5 Å². The molecule has 0 bridgehead atoms. The van der Waals surface area contributed by atoms with E-state index in [1.54, 1.807) is 11.3 Å². The number of para-hydroxylation sites is 1. The lowest BCUT2D eigenvalue weighted by Gasteiger charge is -2.13.